The van der Waals surface area contributed by atoms with E-state index in [0.717, 1.165) is 18.4 Å². The highest BCUT2D eigenvalue weighted by Crippen LogP contribution is 2.20. The van der Waals surface area contributed by atoms with Crippen molar-refractivity contribution in [2.45, 2.75) is 70.8 Å². The molecule has 1 nitrogen and oxygen atoms in total. The second-order valence-corrected chi connectivity index (χ2v) is 6.24. The Morgan fingerprint density at radius 3 is 2.43 bits per heavy atom. The quantitative estimate of drug-likeness (QED) is 0.513. The molecule has 0 aliphatic carbocycles. The van der Waals surface area contributed by atoms with Gasteiger partial charge in [0, 0.05) is 11.1 Å². The molecule has 0 heterocycles. The Labute approximate surface area is 134 Å². The molecule has 1 atom stereocenters. The summed E-state index contributed by atoms with van der Waals surface area (Å²) < 4.78 is 13.3. The van der Waals surface area contributed by atoms with E-state index in [9.17, 15) is 4.39 Å². The summed E-state index contributed by atoms with van der Waals surface area (Å²) in [7, 11) is 1.97. The van der Waals surface area contributed by atoms with Crippen molar-refractivity contribution in [1.29, 1.82) is 0 Å². The Bertz CT molecular complexity index is 395. The predicted octanol–water partition coefficient (Wildman–Crippen LogP) is 5.75. The van der Waals surface area contributed by atoms with Crippen LogP contribution in [-0.2, 0) is 6.42 Å². The number of rotatable bonds is 11. The predicted molar refractivity (Wildman–Crippen MR) is 90.6 cm³/mol. The van der Waals surface area contributed by atoms with Crippen LogP contribution in [-0.4, -0.2) is 13.1 Å². The Hall–Kier alpha value is -0.600. The van der Waals surface area contributed by atoms with E-state index in [1.807, 2.05) is 7.05 Å². The SMILES string of the molecule is CCCCCCCCCC(Cc1cc(F)ccc1Cl)NC. The molecule has 21 heavy (non-hydrogen) atoms. The summed E-state index contributed by atoms with van der Waals surface area (Å²) in [6, 6.07) is 4.99. The molecule has 0 amide bonds. The Morgan fingerprint density at radius 2 is 1.76 bits per heavy atom. The maximum absolute atomic E-state index is 13.3. The van der Waals surface area contributed by atoms with E-state index >= 15 is 0 Å². The minimum absolute atomic E-state index is 0.208. The van der Waals surface area contributed by atoms with Gasteiger partial charge in [-0.15, -0.1) is 0 Å². The van der Waals surface area contributed by atoms with Crippen LogP contribution >= 0.6 is 11.6 Å². The Kier molecular flexibility index (Phi) is 9.69. The molecule has 0 saturated heterocycles. The highest BCUT2D eigenvalue weighted by molar-refractivity contribution is 6.31. The molecule has 3 heteroatoms. The molecule has 0 fully saturated rings. The third-order valence-corrected chi connectivity index (χ3v) is 4.41. The summed E-state index contributed by atoms with van der Waals surface area (Å²) in [5.74, 6) is -0.208. The fourth-order valence-corrected chi connectivity index (χ4v) is 2.86. The van der Waals surface area contributed by atoms with Crippen molar-refractivity contribution in [1.82, 2.24) is 5.32 Å². The molecule has 0 aliphatic rings. The number of benzene rings is 1. The van der Waals surface area contributed by atoms with Crippen LogP contribution in [0.15, 0.2) is 18.2 Å². The van der Waals surface area contributed by atoms with Gasteiger partial charge in [0.25, 0.3) is 0 Å². The number of hydrogen-bond acceptors (Lipinski definition) is 1. The largest absolute Gasteiger partial charge is 0.317 e. The van der Waals surface area contributed by atoms with Crippen molar-refractivity contribution in [2.75, 3.05) is 7.05 Å². The van der Waals surface area contributed by atoms with Crippen molar-refractivity contribution in [3.05, 3.63) is 34.6 Å². The summed E-state index contributed by atoms with van der Waals surface area (Å²) >= 11 is 6.14. The van der Waals surface area contributed by atoms with Crippen LogP contribution in [0.4, 0.5) is 4.39 Å². The van der Waals surface area contributed by atoms with Crippen molar-refractivity contribution in [2.24, 2.45) is 0 Å². The van der Waals surface area contributed by atoms with Crippen molar-refractivity contribution >= 4 is 11.6 Å². The lowest BCUT2D eigenvalue weighted by atomic mass is 9.99. The molecule has 1 aromatic rings. The zero-order valence-electron chi connectivity index (χ0n) is 13.4. The van der Waals surface area contributed by atoms with Gasteiger partial charge in [-0.25, -0.2) is 4.39 Å². The van der Waals surface area contributed by atoms with Gasteiger partial charge < -0.3 is 5.32 Å². The molecule has 1 aromatic carbocycles. The third kappa shape index (κ3) is 7.82. The molecule has 120 valence electrons. The molecule has 0 aromatic heterocycles. The van der Waals surface area contributed by atoms with Crippen molar-refractivity contribution in [3.8, 4) is 0 Å². The minimum atomic E-state index is -0.208. The van der Waals surface area contributed by atoms with Crippen LogP contribution in [0.5, 0.6) is 0 Å². The summed E-state index contributed by atoms with van der Waals surface area (Å²) in [5, 5.41) is 3.99. The number of likely N-dealkylation sites (N-methyl/N-ethyl adjacent to an activating group) is 1. The number of hydrogen-bond donors (Lipinski definition) is 1. The second kappa shape index (κ2) is 11.0. The molecule has 0 spiro atoms. The van der Waals surface area contributed by atoms with Crippen LogP contribution in [0.3, 0.4) is 0 Å². The summed E-state index contributed by atoms with van der Waals surface area (Å²) in [5.41, 5.74) is 0.902. The van der Waals surface area contributed by atoms with Gasteiger partial charge in [-0.2, -0.15) is 0 Å². The molecule has 0 saturated carbocycles. The lowest BCUT2D eigenvalue weighted by Gasteiger charge is -2.17. The molecule has 0 aliphatic heterocycles. The Morgan fingerprint density at radius 1 is 1.10 bits per heavy atom. The van der Waals surface area contributed by atoms with Gasteiger partial charge in [0.05, 0.1) is 0 Å². The molecule has 1 rings (SSSR count). The van der Waals surface area contributed by atoms with E-state index < -0.39 is 0 Å². The minimum Gasteiger partial charge on any atom is -0.317 e. The lowest BCUT2D eigenvalue weighted by molar-refractivity contribution is 0.477. The molecule has 1 unspecified atom stereocenters. The van der Waals surface area contributed by atoms with Crippen LogP contribution < -0.4 is 5.32 Å². The maximum atomic E-state index is 13.3. The van der Waals surface area contributed by atoms with E-state index in [0.29, 0.717) is 11.1 Å². The summed E-state index contributed by atoms with van der Waals surface area (Å²) in [6.07, 6.45) is 11.1. The van der Waals surface area contributed by atoms with E-state index in [-0.39, 0.29) is 5.82 Å². The van der Waals surface area contributed by atoms with E-state index in [4.69, 9.17) is 11.6 Å². The lowest BCUT2D eigenvalue weighted by Crippen LogP contribution is -2.27. The van der Waals surface area contributed by atoms with E-state index in [1.54, 1.807) is 12.1 Å². The first-order valence-electron chi connectivity index (χ1n) is 8.28. The molecular weight excluding hydrogens is 285 g/mol. The first-order valence-corrected chi connectivity index (χ1v) is 8.66. The zero-order chi connectivity index (χ0) is 15.5. The van der Waals surface area contributed by atoms with E-state index in [1.165, 1.54) is 51.0 Å². The number of halogens is 2. The normalized spacial score (nSPS) is 12.6. The van der Waals surface area contributed by atoms with Crippen LogP contribution in [0.2, 0.25) is 5.02 Å². The van der Waals surface area contributed by atoms with Gasteiger partial charge in [-0.05, 0) is 43.7 Å². The fraction of sp³-hybridized carbons (Fsp3) is 0.667. The zero-order valence-corrected chi connectivity index (χ0v) is 14.2. The van der Waals surface area contributed by atoms with E-state index in [2.05, 4.69) is 12.2 Å². The van der Waals surface area contributed by atoms with Gasteiger partial charge in [0.1, 0.15) is 5.82 Å². The van der Waals surface area contributed by atoms with Crippen LogP contribution in [0, 0.1) is 5.82 Å². The smallest absolute Gasteiger partial charge is 0.123 e. The Balaban J connectivity index is 2.27. The number of unbranched alkanes of at least 4 members (excludes halogenated alkanes) is 6. The summed E-state index contributed by atoms with van der Waals surface area (Å²) in [4.78, 5) is 0. The van der Waals surface area contributed by atoms with Crippen molar-refractivity contribution in [3.63, 3.8) is 0 Å². The third-order valence-electron chi connectivity index (χ3n) is 4.04. The monoisotopic (exact) mass is 313 g/mol. The molecule has 0 radical (unpaired) electrons. The second-order valence-electron chi connectivity index (χ2n) is 5.84. The maximum Gasteiger partial charge on any atom is 0.123 e. The van der Waals surface area contributed by atoms with Gasteiger partial charge >= 0.3 is 0 Å². The van der Waals surface area contributed by atoms with Gasteiger partial charge in [-0.3, -0.25) is 0 Å². The topological polar surface area (TPSA) is 12.0 Å². The standard InChI is InChI=1S/C18H29ClFN/c1-3-4-5-6-7-8-9-10-17(21-2)14-15-13-16(20)11-12-18(15)19/h11-13,17,21H,3-10,14H2,1-2H3. The first-order chi connectivity index (χ1) is 10.2. The van der Waals surface area contributed by atoms with Gasteiger partial charge in [0.2, 0.25) is 0 Å². The average molecular weight is 314 g/mol. The molecule has 1 N–H and O–H groups in total. The summed E-state index contributed by atoms with van der Waals surface area (Å²) in [6.45, 7) is 2.25. The van der Waals surface area contributed by atoms with Crippen LogP contribution in [0.25, 0.3) is 0 Å². The van der Waals surface area contributed by atoms with Gasteiger partial charge in [0.15, 0.2) is 0 Å². The fourth-order valence-electron chi connectivity index (χ4n) is 2.66. The molecular formula is C18H29ClFN. The highest BCUT2D eigenvalue weighted by atomic mass is 35.5. The first kappa shape index (κ1) is 18.4. The van der Waals surface area contributed by atoms with Crippen LogP contribution in [0.1, 0.15) is 63.9 Å². The number of nitrogens with one attached hydrogen (secondary N) is 1. The highest BCUT2D eigenvalue weighted by Gasteiger charge is 2.10. The van der Waals surface area contributed by atoms with Gasteiger partial charge in [-0.1, -0.05) is 63.5 Å². The van der Waals surface area contributed by atoms with Crippen molar-refractivity contribution < 1.29 is 4.39 Å². The molecule has 0 bridgehead atoms. The average Bonchev–Trinajstić information content (AvgIpc) is 2.48.